The minimum Gasteiger partial charge on any atom is -0.326 e. The van der Waals surface area contributed by atoms with Crippen molar-refractivity contribution in [3.05, 3.63) is 29.8 Å². The van der Waals surface area contributed by atoms with E-state index < -0.39 is 0 Å². The summed E-state index contributed by atoms with van der Waals surface area (Å²) in [6, 6.07) is 8.68. The lowest BCUT2D eigenvalue weighted by Gasteiger charge is -2.26. The summed E-state index contributed by atoms with van der Waals surface area (Å²) in [6.45, 7) is 3.03. The highest BCUT2D eigenvalue weighted by molar-refractivity contribution is 8.00. The predicted octanol–water partition coefficient (Wildman–Crippen LogP) is 3.82. The van der Waals surface area contributed by atoms with Crippen molar-refractivity contribution in [2.75, 3.05) is 0 Å². The summed E-state index contributed by atoms with van der Waals surface area (Å²) in [7, 11) is 0. The minimum absolute atomic E-state index is 0.648. The smallest absolute Gasteiger partial charge is 0.0178 e. The van der Waals surface area contributed by atoms with Crippen molar-refractivity contribution < 1.29 is 0 Å². The Hall–Kier alpha value is -0.470. The molecule has 1 aromatic carbocycles. The molecule has 2 rings (SSSR count). The lowest BCUT2D eigenvalue weighted by Crippen LogP contribution is -2.14. The van der Waals surface area contributed by atoms with Crippen molar-refractivity contribution in [2.24, 2.45) is 11.7 Å². The van der Waals surface area contributed by atoms with Crippen LogP contribution in [0.1, 0.15) is 38.2 Å². The Morgan fingerprint density at radius 2 is 2.25 bits per heavy atom. The Bertz CT molecular complexity index is 337. The molecular formula is C14H21NS. The molecule has 0 amide bonds. The molecule has 0 radical (unpaired) electrons. The second kappa shape index (κ2) is 5.74. The lowest BCUT2D eigenvalue weighted by atomic mass is 9.91. The van der Waals surface area contributed by atoms with Crippen LogP contribution >= 0.6 is 11.8 Å². The van der Waals surface area contributed by atoms with Gasteiger partial charge in [-0.25, -0.2) is 0 Å². The highest BCUT2D eigenvalue weighted by Crippen LogP contribution is 2.36. The van der Waals surface area contributed by atoms with Crippen LogP contribution in [-0.2, 0) is 6.54 Å². The van der Waals surface area contributed by atoms with E-state index in [1.807, 2.05) is 11.8 Å². The first-order valence-corrected chi connectivity index (χ1v) is 7.11. The molecule has 2 atom stereocenters. The Morgan fingerprint density at radius 1 is 1.38 bits per heavy atom. The van der Waals surface area contributed by atoms with E-state index in [1.54, 1.807) is 0 Å². The zero-order valence-corrected chi connectivity index (χ0v) is 10.8. The van der Waals surface area contributed by atoms with Gasteiger partial charge < -0.3 is 5.73 Å². The molecule has 1 saturated carbocycles. The van der Waals surface area contributed by atoms with Gasteiger partial charge in [-0.15, -0.1) is 11.8 Å². The van der Waals surface area contributed by atoms with Gasteiger partial charge in [0.1, 0.15) is 0 Å². The molecule has 0 aromatic heterocycles. The van der Waals surface area contributed by atoms with Gasteiger partial charge in [-0.05, 0) is 36.5 Å². The standard InChI is InChI=1S/C14H21NS/c1-11-4-2-6-13(8-11)16-14-7-3-5-12(9-14)10-15/h3,5,7,9,11,13H,2,4,6,8,10,15H2,1H3. The molecule has 0 bridgehead atoms. The van der Waals surface area contributed by atoms with Gasteiger partial charge in [0, 0.05) is 16.7 Å². The average Bonchev–Trinajstić information content (AvgIpc) is 2.29. The highest BCUT2D eigenvalue weighted by Gasteiger charge is 2.19. The molecule has 1 fully saturated rings. The molecule has 1 aromatic rings. The monoisotopic (exact) mass is 235 g/mol. The molecule has 0 spiro atoms. The van der Waals surface area contributed by atoms with E-state index in [-0.39, 0.29) is 0 Å². The fraction of sp³-hybridized carbons (Fsp3) is 0.571. The van der Waals surface area contributed by atoms with Gasteiger partial charge in [0.15, 0.2) is 0 Å². The van der Waals surface area contributed by atoms with Gasteiger partial charge in [0.25, 0.3) is 0 Å². The second-order valence-corrected chi connectivity index (χ2v) is 6.24. The minimum atomic E-state index is 0.648. The van der Waals surface area contributed by atoms with Crippen LogP contribution in [0.25, 0.3) is 0 Å². The van der Waals surface area contributed by atoms with Crippen LogP contribution in [0.3, 0.4) is 0 Å². The molecule has 0 saturated heterocycles. The largest absolute Gasteiger partial charge is 0.326 e. The van der Waals surface area contributed by atoms with Gasteiger partial charge in [-0.2, -0.15) is 0 Å². The molecule has 16 heavy (non-hydrogen) atoms. The second-order valence-electron chi connectivity index (χ2n) is 4.86. The average molecular weight is 235 g/mol. The number of thioether (sulfide) groups is 1. The molecular weight excluding hydrogens is 214 g/mol. The van der Waals surface area contributed by atoms with E-state index in [0.29, 0.717) is 6.54 Å². The number of benzene rings is 1. The summed E-state index contributed by atoms with van der Waals surface area (Å²) in [5.41, 5.74) is 6.91. The van der Waals surface area contributed by atoms with E-state index in [2.05, 4.69) is 31.2 Å². The third-order valence-corrected chi connectivity index (χ3v) is 4.61. The van der Waals surface area contributed by atoms with Crippen molar-refractivity contribution in [3.63, 3.8) is 0 Å². The zero-order chi connectivity index (χ0) is 11.4. The maximum Gasteiger partial charge on any atom is 0.0178 e. The van der Waals surface area contributed by atoms with E-state index >= 15 is 0 Å². The topological polar surface area (TPSA) is 26.0 Å². The van der Waals surface area contributed by atoms with E-state index in [9.17, 15) is 0 Å². The van der Waals surface area contributed by atoms with Crippen LogP contribution < -0.4 is 5.73 Å². The molecule has 0 heterocycles. The number of hydrogen-bond donors (Lipinski definition) is 1. The maximum atomic E-state index is 5.66. The Labute approximate surface area is 103 Å². The SMILES string of the molecule is CC1CCCC(Sc2cccc(CN)c2)C1. The molecule has 1 nitrogen and oxygen atoms in total. The third kappa shape index (κ3) is 3.26. The summed E-state index contributed by atoms with van der Waals surface area (Å²) in [5.74, 6) is 0.906. The van der Waals surface area contributed by atoms with Gasteiger partial charge in [-0.3, -0.25) is 0 Å². The van der Waals surface area contributed by atoms with Gasteiger partial charge in [-0.1, -0.05) is 31.9 Å². The molecule has 2 N–H and O–H groups in total. The van der Waals surface area contributed by atoms with Crippen LogP contribution in [0.2, 0.25) is 0 Å². The third-order valence-electron chi connectivity index (χ3n) is 3.33. The molecule has 88 valence electrons. The Kier molecular flexibility index (Phi) is 4.30. The molecule has 1 aliphatic carbocycles. The molecule has 2 heteroatoms. The summed E-state index contributed by atoms with van der Waals surface area (Å²) >= 11 is 2.04. The molecule has 0 aliphatic heterocycles. The normalized spacial score (nSPS) is 25.6. The molecule has 2 unspecified atom stereocenters. The predicted molar refractivity (Wildman–Crippen MR) is 71.6 cm³/mol. The van der Waals surface area contributed by atoms with Gasteiger partial charge >= 0.3 is 0 Å². The first kappa shape index (κ1) is 12.0. The van der Waals surface area contributed by atoms with E-state index in [0.717, 1.165) is 11.2 Å². The fourth-order valence-corrected chi connectivity index (χ4v) is 3.89. The first-order chi connectivity index (χ1) is 7.78. The van der Waals surface area contributed by atoms with E-state index in [4.69, 9.17) is 5.73 Å². The van der Waals surface area contributed by atoms with Crippen molar-refractivity contribution in [3.8, 4) is 0 Å². The van der Waals surface area contributed by atoms with Crippen LogP contribution in [0, 0.1) is 5.92 Å². The summed E-state index contributed by atoms with van der Waals surface area (Å²) < 4.78 is 0. The van der Waals surface area contributed by atoms with Crippen molar-refractivity contribution in [1.29, 1.82) is 0 Å². The lowest BCUT2D eigenvalue weighted by molar-refractivity contribution is 0.394. The van der Waals surface area contributed by atoms with Crippen LogP contribution in [-0.4, -0.2) is 5.25 Å². The Balaban J connectivity index is 1.97. The fourth-order valence-electron chi connectivity index (χ4n) is 2.42. The Morgan fingerprint density at radius 3 is 3.00 bits per heavy atom. The van der Waals surface area contributed by atoms with Gasteiger partial charge in [0.05, 0.1) is 0 Å². The van der Waals surface area contributed by atoms with Crippen LogP contribution in [0.4, 0.5) is 0 Å². The number of nitrogens with two attached hydrogens (primary N) is 1. The number of rotatable bonds is 3. The van der Waals surface area contributed by atoms with Crippen LogP contribution in [0.5, 0.6) is 0 Å². The maximum absolute atomic E-state index is 5.66. The summed E-state index contributed by atoms with van der Waals surface area (Å²) in [4.78, 5) is 1.39. The summed E-state index contributed by atoms with van der Waals surface area (Å²) in [6.07, 6.45) is 5.56. The molecule has 1 aliphatic rings. The van der Waals surface area contributed by atoms with Gasteiger partial charge in [0.2, 0.25) is 0 Å². The summed E-state index contributed by atoms with van der Waals surface area (Å²) in [5, 5.41) is 0.816. The van der Waals surface area contributed by atoms with E-state index in [1.165, 1.54) is 36.1 Å². The van der Waals surface area contributed by atoms with Crippen LogP contribution in [0.15, 0.2) is 29.2 Å². The first-order valence-electron chi connectivity index (χ1n) is 6.23. The van der Waals surface area contributed by atoms with Crippen molar-refractivity contribution in [1.82, 2.24) is 0 Å². The number of hydrogen-bond acceptors (Lipinski definition) is 2. The quantitative estimate of drug-likeness (QED) is 0.862. The van der Waals surface area contributed by atoms with Crippen molar-refractivity contribution >= 4 is 11.8 Å². The van der Waals surface area contributed by atoms with Crippen molar-refractivity contribution in [2.45, 2.75) is 49.3 Å². The highest BCUT2D eigenvalue weighted by atomic mass is 32.2. The zero-order valence-electron chi connectivity index (χ0n) is 9.99.